The smallest absolute Gasteiger partial charge is 0.377 e. The molecule has 0 aromatic carbocycles. The third kappa shape index (κ3) is 7.06. The number of rotatable bonds is 10. The maximum Gasteiger partial charge on any atom is 0.500 e. The van der Waals surface area contributed by atoms with Gasteiger partial charge in [-0.2, -0.15) is 13.2 Å². The Labute approximate surface area is 124 Å². The third-order valence-corrected chi connectivity index (χ3v) is 7.67. The molecule has 0 saturated carbocycles. The van der Waals surface area contributed by atoms with Gasteiger partial charge in [0, 0.05) is 40.5 Å². The van der Waals surface area contributed by atoms with Gasteiger partial charge in [-0.15, -0.1) is 0 Å². The van der Waals surface area contributed by atoms with E-state index in [0.29, 0.717) is 6.04 Å². The number of sulfonamides is 1. The molecule has 21 heavy (non-hydrogen) atoms. The molecular weight excluding hydrogens is 331 g/mol. The highest BCUT2D eigenvalue weighted by Crippen LogP contribution is 2.21. The van der Waals surface area contributed by atoms with Gasteiger partial charge in [0.1, 0.15) is 0 Å². The van der Waals surface area contributed by atoms with Crippen molar-refractivity contribution < 1.29 is 34.9 Å². The summed E-state index contributed by atoms with van der Waals surface area (Å²) in [6.07, 6.45) is -4.47. The van der Waals surface area contributed by atoms with Crippen LogP contribution in [0.5, 0.6) is 0 Å². The van der Waals surface area contributed by atoms with Crippen molar-refractivity contribution in [1.29, 1.82) is 0 Å². The van der Waals surface area contributed by atoms with Gasteiger partial charge in [-0.3, -0.25) is 0 Å². The molecule has 0 atom stereocenters. The highest BCUT2D eigenvalue weighted by molar-refractivity contribution is 7.89. The Kier molecular flexibility index (Phi) is 8.35. The molecule has 0 N–H and O–H groups in total. The van der Waals surface area contributed by atoms with Crippen LogP contribution in [-0.4, -0.2) is 67.9 Å². The van der Waals surface area contributed by atoms with Crippen molar-refractivity contribution in [2.24, 2.45) is 0 Å². The van der Waals surface area contributed by atoms with Crippen LogP contribution in [0.15, 0.2) is 0 Å². The molecule has 0 fully saturated rings. The lowest BCUT2D eigenvalue weighted by Crippen LogP contribution is -2.44. The molecule has 0 bridgehead atoms. The molecule has 11 heteroatoms. The van der Waals surface area contributed by atoms with Crippen LogP contribution in [0.3, 0.4) is 0 Å². The van der Waals surface area contributed by atoms with E-state index in [1.807, 2.05) is 0 Å². The van der Waals surface area contributed by atoms with E-state index in [4.69, 9.17) is 13.3 Å². The predicted molar refractivity (Wildman–Crippen MR) is 73.3 cm³/mol. The molecule has 128 valence electrons. The topological polar surface area (TPSA) is 65.1 Å². The number of nitrogens with zero attached hydrogens (tertiary/aromatic N) is 1. The van der Waals surface area contributed by atoms with E-state index in [1.165, 1.54) is 28.3 Å². The fourth-order valence-corrected chi connectivity index (χ4v) is 4.92. The minimum absolute atomic E-state index is 0.0279. The largest absolute Gasteiger partial charge is 0.500 e. The van der Waals surface area contributed by atoms with Crippen LogP contribution in [-0.2, 0) is 23.3 Å². The fourth-order valence-electron chi connectivity index (χ4n) is 1.82. The molecule has 0 heterocycles. The Balaban J connectivity index is 4.66. The summed E-state index contributed by atoms with van der Waals surface area (Å²) in [4.78, 5) is 0. The second-order valence-corrected chi connectivity index (χ2v) is 9.32. The summed E-state index contributed by atoms with van der Waals surface area (Å²) in [7, 11) is -2.97. The fraction of sp³-hybridized carbons (Fsp3) is 1.00. The zero-order valence-corrected chi connectivity index (χ0v) is 14.4. The molecule has 0 unspecified atom stereocenters. The highest BCUT2D eigenvalue weighted by atomic mass is 32.2. The van der Waals surface area contributed by atoms with Gasteiger partial charge in [0.2, 0.25) is 10.0 Å². The van der Waals surface area contributed by atoms with Crippen LogP contribution in [0.1, 0.15) is 13.3 Å². The quantitative estimate of drug-likeness (QED) is 0.557. The van der Waals surface area contributed by atoms with E-state index in [-0.39, 0.29) is 19.5 Å². The molecule has 0 amide bonds. The van der Waals surface area contributed by atoms with Crippen molar-refractivity contribution in [2.75, 3.05) is 40.2 Å². The van der Waals surface area contributed by atoms with E-state index >= 15 is 0 Å². The van der Waals surface area contributed by atoms with E-state index < -0.39 is 30.8 Å². The van der Waals surface area contributed by atoms with Crippen molar-refractivity contribution in [3.63, 3.8) is 0 Å². The SMILES string of the molecule is CCN(CCC[Si](OC)(OC)OC)S(=O)(=O)CC(F)(F)F. The maximum atomic E-state index is 12.3. The predicted octanol–water partition coefficient (Wildman–Crippen LogP) is 1.47. The van der Waals surface area contributed by atoms with Crippen molar-refractivity contribution in [3.05, 3.63) is 0 Å². The minimum atomic E-state index is -4.75. The Hall–Kier alpha value is -0.203. The summed E-state index contributed by atoms with van der Waals surface area (Å²) in [6, 6.07) is 0.314. The second-order valence-electron chi connectivity index (χ2n) is 4.26. The third-order valence-electron chi connectivity index (χ3n) is 2.92. The lowest BCUT2D eigenvalue weighted by atomic mass is 10.5. The van der Waals surface area contributed by atoms with Crippen LogP contribution in [0.2, 0.25) is 6.04 Å². The first-order valence-electron chi connectivity index (χ1n) is 6.26. The van der Waals surface area contributed by atoms with Gasteiger partial charge in [-0.05, 0) is 6.42 Å². The molecule has 0 aromatic heterocycles. The van der Waals surface area contributed by atoms with Gasteiger partial charge < -0.3 is 13.3 Å². The first kappa shape index (κ1) is 20.8. The zero-order chi connectivity index (χ0) is 16.7. The Morgan fingerprint density at radius 1 is 1.10 bits per heavy atom. The standard InChI is InChI=1S/C10H22F3NO5SSi/c1-5-14(20(15,16)9-10(11,12)13)7-6-8-21(17-2,18-3)19-4/h5-9H2,1-4H3. The lowest BCUT2D eigenvalue weighted by molar-refractivity contribution is -0.107. The molecule has 0 aromatic rings. The summed E-state index contributed by atoms with van der Waals surface area (Å²) in [6.45, 7) is 1.42. The van der Waals surface area contributed by atoms with Crippen LogP contribution >= 0.6 is 0 Å². The van der Waals surface area contributed by atoms with Gasteiger partial charge in [-0.1, -0.05) is 6.92 Å². The molecular formula is C10H22F3NO5SSi. The monoisotopic (exact) mass is 353 g/mol. The molecule has 0 aliphatic heterocycles. The average Bonchev–Trinajstić information content (AvgIpc) is 2.37. The maximum absolute atomic E-state index is 12.3. The lowest BCUT2D eigenvalue weighted by Gasteiger charge is -2.26. The zero-order valence-electron chi connectivity index (χ0n) is 12.6. The van der Waals surface area contributed by atoms with E-state index in [2.05, 4.69) is 0 Å². The first-order chi connectivity index (χ1) is 9.55. The summed E-state index contributed by atoms with van der Waals surface area (Å²) in [5.41, 5.74) is 0. The van der Waals surface area contributed by atoms with Crippen LogP contribution < -0.4 is 0 Å². The molecule has 0 radical (unpaired) electrons. The molecule has 0 rings (SSSR count). The van der Waals surface area contributed by atoms with Gasteiger partial charge in [0.15, 0.2) is 5.75 Å². The van der Waals surface area contributed by atoms with Crippen LogP contribution in [0.25, 0.3) is 0 Å². The van der Waals surface area contributed by atoms with Crippen LogP contribution in [0, 0.1) is 0 Å². The number of alkyl halides is 3. The van der Waals surface area contributed by atoms with Crippen molar-refractivity contribution >= 4 is 18.8 Å². The van der Waals surface area contributed by atoms with Gasteiger partial charge in [0.25, 0.3) is 0 Å². The number of hydrogen-bond donors (Lipinski definition) is 0. The van der Waals surface area contributed by atoms with Crippen molar-refractivity contribution in [1.82, 2.24) is 4.31 Å². The molecule has 0 spiro atoms. The molecule has 0 aliphatic rings. The summed E-state index contributed by atoms with van der Waals surface area (Å²) < 4.78 is 76.4. The summed E-state index contributed by atoms with van der Waals surface area (Å²) in [5, 5.41) is 0. The van der Waals surface area contributed by atoms with Gasteiger partial charge >= 0.3 is 15.0 Å². The van der Waals surface area contributed by atoms with E-state index in [1.54, 1.807) is 0 Å². The van der Waals surface area contributed by atoms with Crippen molar-refractivity contribution in [2.45, 2.75) is 25.6 Å². The van der Waals surface area contributed by atoms with Gasteiger partial charge in [0.05, 0.1) is 0 Å². The number of hydrogen-bond acceptors (Lipinski definition) is 5. The second kappa shape index (κ2) is 8.43. The highest BCUT2D eigenvalue weighted by Gasteiger charge is 2.40. The van der Waals surface area contributed by atoms with Gasteiger partial charge in [-0.25, -0.2) is 12.7 Å². The normalized spacial score (nSPS) is 13.9. The van der Waals surface area contributed by atoms with Crippen molar-refractivity contribution in [3.8, 4) is 0 Å². The Bertz CT molecular complexity index is 392. The summed E-state index contributed by atoms with van der Waals surface area (Å²) >= 11 is 0. The van der Waals surface area contributed by atoms with E-state index in [0.717, 1.165) is 4.31 Å². The molecule has 6 nitrogen and oxygen atoms in total. The Morgan fingerprint density at radius 2 is 1.57 bits per heavy atom. The minimum Gasteiger partial charge on any atom is -0.377 e. The molecule has 0 aliphatic carbocycles. The summed E-state index contributed by atoms with van der Waals surface area (Å²) in [5.74, 6) is -1.85. The molecule has 0 saturated heterocycles. The average molecular weight is 353 g/mol. The Morgan fingerprint density at radius 3 is 1.90 bits per heavy atom. The first-order valence-corrected chi connectivity index (χ1v) is 9.80. The van der Waals surface area contributed by atoms with Crippen LogP contribution in [0.4, 0.5) is 13.2 Å². The number of halogens is 3. The van der Waals surface area contributed by atoms with E-state index in [9.17, 15) is 21.6 Å².